The second-order valence-corrected chi connectivity index (χ2v) is 9.81. The van der Waals surface area contributed by atoms with E-state index in [9.17, 15) is 13.2 Å². The average molecular weight is 427 g/mol. The van der Waals surface area contributed by atoms with Crippen LogP contribution in [0.15, 0.2) is 47.4 Å². The summed E-state index contributed by atoms with van der Waals surface area (Å²) >= 11 is 3.68. The molecule has 27 heavy (non-hydrogen) atoms. The Morgan fingerprint density at radius 3 is 2.44 bits per heavy atom. The van der Waals surface area contributed by atoms with Crippen LogP contribution in [0.4, 0.5) is 0 Å². The van der Waals surface area contributed by atoms with E-state index in [0.29, 0.717) is 10.3 Å². The topological polar surface area (TPSA) is 78.9 Å². The number of esters is 1. The minimum atomic E-state index is -4.14. The molecule has 0 saturated carbocycles. The van der Waals surface area contributed by atoms with Crippen molar-refractivity contribution in [2.24, 2.45) is 0 Å². The van der Waals surface area contributed by atoms with Crippen molar-refractivity contribution in [3.05, 3.63) is 53.6 Å². The molecule has 0 atom stereocenters. The van der Waals surface area contributed by atoms with Crippen LogP contribution in [0.2, 0.25) is 0 Å². The van der Waals surface area contributed by atoms with Crippen molar-refractivity contribution in [2.75, 3.05) is 25.7 Å². The highest BCUT2D eigenvalue weighted by molar-refractivity contribution is 8.19. The molecule has 6 nitrogen and oxygen atoms in total. The zero-order chi connectivity index (χ0) is 19.4. The molecule has 0 spiro atoms. The number of rotatable bonds is 6. The molecular formula is C18H18O6S3. The van der Waals surface area contributed by atoms with E-state index in [1.54, 1.807) is 12.1 Å². The summed E-state index contributed by atoms with van der Waals surface area (Å²) in [5.41, 5.74) is 1.18. The summed E-state index contributed by atoms with van der Waals surface area (Å²) in [6, 6.07) is 10.7. The summed E-state index contributed by atoms with van der Waals surface area (Å²) < 4.78 is 40.8. The van der Waals surface area contributed by atoms with Gasteiger partial charge in [0.15, 0.2) is 11.5 Å². The summed E-state index contributed by atoms with van der Waals surface area (Å²) in [4.78, 5) is 11.5. The number of thioether (sulfide) groups is 2. The third-order valence-electron chi connectivity index (χ3n) is 3.82. The minimum Gasteiger partial charge on any atom is -0.493 e. The van der Waals surface area contributed by atoms with E-state index in [1.807, 2.05) is 29.6 Å². The van der Waals surface area contributed by atoms with E-state index >= 15 is 0 Å². The molecule has 2 aromatic carbocycles. The zero-order valence-electron chi connectivity index (χ0n) is 14.7. The zero-order valence-corrected chi connectivity index (χ0v) is 17.2. The van der Waals surface area contributed by atoms with E-state index in [0.717, 1.165) is 17.1 Å². The molecule has 2 aromatic rings. The second kappa shape index (κ2) is 8.45. The SMILES string of the molecule is COC(=O)c1cccc(S(=O)(=O)Oc2ccc(C3SCCS3)cc2OC)c1. The summed E-state index contributed by atoms with van der Waals surface area (Å²) in [6.45, 7) is 0. The standard InChI is InChI=1S/C18H18O6S3/c1-22-16-11-13(18-25-8-9-26-18)6-7-15(16)24-27(20,21)14-5-3-4-12(10-14)17(19)23-2/h3-7,10-11,18H,8-9H2,1-2H3. The Morgan fingerprint density at radius 1 is 1.04 bits per heavy atom. The number of hydrogen-bond donors (Lipinski definition) is 0. The van der Waals surface area contributed by atoms with Crippen molar-refractivity contribution in [2.45, 2.75) is 9.48 Å². The largest absolute Gasteiger partial charge is 0.493 e. The lowest BCUT2D eigenvalue weighted by Gasteiger charge is -2.14. The van der Waals surface area contributed by atoms with Crippen molar-refractivity contribution in [1.82, 2.24) is 0 Å². The maximum absolute atomic E-state index is 12.6. The first-order chi connectivity index (χ1) is 12.9. The van der Waals surface area contributed by atoms with Gasteiger partial charge in [0.25, 0.3) is 0 Å². The predicted octanol–water partition coefficient (Wildman–Crippen LogP) is 3.73. The molecule has 1 heterocycles. The van der Waals surface area contributed by atoms with Crippen LogP contribution in [0.25, 0.3) is 0 Å². The molecule has 0 aromatic heterocycles. The molecule has 0 radical (unpaired) electrons. The monoisotopic (exact) mass is 426 g/mol. The molecule has 0 bridgehead atoms. The smallest absolute Gasteiger partial charge is 0.339 e. The Morgan fingerprint density at radius 2 is 1.78 bits per heavy atom. The van der Waals surface area contributed by atoms with E-state index in [-0.39, 0.29) is 16.2 Å². The molecule has 0 amide bonds. The van der Waals surface area contributed by atoms with Crippen LogP contribution in [0.5, 0.6) is 11.5 Å². The van der Waals surface area contributed by atoms with E-state index in [1.165, 1.54) is 38.5 Å². The van der Waals surface area contributed by atoms with Gasteiger partial charge in [-0.05, 0) is 35.9 Å². The lowest BCUT2D eigenvalue weighted by molar-refractivity contribution is 0.0600. The van der Waals surface area contributed by atoms with Crippen LogP contribution in [-0.2, 0) is 14.9 Å². The molecule has 144 valence electrons. The maximum atomic E-state index is 12.6. The molecular weight excluding hydrogens is 408 g/mol. The first-order valence-electron chi connectivity index (χ1n) is 7.98. The Bertz CT molecular complexity index is 936. The fourth-order valence-corrected chi connectivity index (χ4v) is 6.34. The van der Waals surface area contributed by atoms with Crippen molar-refractivity contribution in [3.63, 3.8) is 0 Å². The van der Waals surface area contributed by atoms with Crippen LogP contribution in [0.1, 0.15) is 20.5 Å². The van der Waals surface area contributed by atoms with Gasteiger partial charge in [-0.2, -0.15) is 8.42 Å². The van der Waals surface area contributed by atoms with Crippen molar-refractivity contribution in [3.8, 4) is 11.5 Å². The van der Waals surface area contributed by atoms with Gasteiger partial charge in [-0.15, -0.1) is 23.5 Å². The molecule has 1 fully saturated rings. The number of ether oxygens (including phenoxy) is 2. The van der Waals surface area contributed by atoms with E-state index < -0.39 is 16.1 Å². The molecule has 3 rings (SSSR count). The van der Waals surface area contributed by atoms with Crippen LogP contribution in [0, 0.1) is 0 Å². The number of carbonyl (C=O) groups is 1. The highest BCUT2D eigenvalue weighted by atomic mass is 32.2. The maximum Gasteiger partial charge on any atom is 0.339 e. The van der Waals surface area contributed by atoms with Crippen LogP contribution >= 0.6 is 23.5 Å². The second-order valence-electron chi connectivity index (χ2n) is 5.54. The van der Waals surface area contributed by atoms with Gasteiger partial charge in [-0.3, -0.25) is 0 Å². The molecule has 0 unspecified atom stereocenters. The van der Waals surface area contributed by atoms with Gasteiger partial charge in [0.1, 0.15) is 4.90 Å². The quantitative estimate of drug-likeness (QED) is 0.511. The number of methoxy groups -OCH3 is 2. The van der Waals surface area contributed by atoms with E-state index in [2.05, 4.69) is 4.74 Å². The highest BCUT2D eigenvalue weighted by Crippen LogP contribution is 2.47. The van der Waals surface area contributed by atoms with Gasteiger partial charge in [0, 0.05) is 11.5 Å². The van der Waals surface area contributed by atoms with Crippen LogP contribution in [0.3, 0.4) is 0 Å². The fourth-order valence-electron chi connectivity index (χ4n) is 2.51. The van der Waals surface area contributed by atoms with E-state index in [4.69, 9.17) is 8.92 Å². The van der Waals surface area contributed by atoms with Crippen molar-refractivity contribution >= 4 is 39.6 Å². The molecule has 1 aliphatic rings. The van der Waals surface area contributed by atoms with Crippen molar-refractivity contribution in [1.29, 1.82) is 0 Å². The summed E-state index contributed by atoms with van der Waals surface area (Å²) in [7, 11) is -1.45. The molecule has 1 saturated heterocycles. The number of hydrogen-bond acceptors (Lipinski definition) is 8. The molecule has 0 aliphatic carbocycles. The molecule has 1 aliphatic heterocycles. The Hall–Kier alpha value is -1.84. The van der Waals surface area contributed by atoms with Gasteiger partial charge in [-0.25, -0.2) is 4.79 Å². The third-order valence-corrected chi connectivity index (χ3v) is 8.16. The summed E-state index contributed by atoms with van der Waals surface area (Å²) in [6.07, 6.45) is 0. The Kier molecular flexibility index (Phi) is 6.23. The first kappa shape index (κ1) is 19.9. The fraction of sp³-hybridized carbons (Fsp3) is 0.278. The normalized spacial score (nSPS) is 14.7. The number of benzene rings is 2. The molecule has 9 heteroatoms. The third kappa shape index (κ3) is 4.53. The predicted molar refractivity (Wildman–Crippen MR) is 106 cm³/mol. The van der Waals surface area contributed by atoms with Gasteiger partial charge in [0.05, 0.1) is 24.4 Å². The highest BCUT2D eigenvalue weighted by Gasteiger charge is 2.23. The molecule has 0 N–H and O–H groups in total. The van der Waals surface area contributed by atoms with Crippen LogP contribution in [-0.4, -0.2) is 40.1 Å². The lowest BCUT2D eigenvalue weighted by atomic mass is 10.2. The minimum absolute atomic E-state index is 0.0951. The van der Waals surface area contributed by atoms with Gasteiger partial charge in [-0.1, -0.05) is 12.1 Å². The Balaban J connectivity index is 1.88. The summed E-state index contributed by atoms with van der Waals surface area (Å²) in [5, 5.41) is 0. The average Bonchev–Trinajstić information content (AvgIpc) is 3.22. The van der Waals surface area contributed by atoms with Gasteiger partial charge >= 0.3 is 16.1 Å². The van der Waals surface area contributed by atoms with Gasteiger partial charge < -0.3 is 13.7 Å². The summed E-state index contributed by atoms with van der Waals surface area (Å²) in [5.74, 6) is 1.98. The van der Waals surface area contributed by atoms with Crippen molar-refractivity contribution < 1.29 is 26.9 Å². The lowest BCUT2D eigenvalue weighted by Crippen LogP contribution is -2.12. The number of carbonyl (C=O) groups excluding carboxylic acids is 1. The Labute approximate surface area is 166 Å². The van der Waals surface area contributed by atoms with Gasteiger partial charge in [0.2, 0.25) is 0 Å². The first-order valence-corrected chi connectivity index (χ1v) is 11.5. The van der Waals surface area contributed by atoms with Crippen LogP contribution < -0.4 is 8.92 Å².